The Morgan fingerprint density at radius 1 is 0.875 bits per heavy atom. The number of rotatable bonds is 9. The van der Waals surface area contributed by atoms with Crippen LogP contribution in [0.4, 0.5) is 8.78 Å². The number of nitrogens with zero attached hydrogens (tertiary/aromatic N) is 3. The molecule has 306 valence electrons. The predicted octanol–water partition coefficient (Wildman–Crippen LogP) is 2.28. The van der Waals surface area contributed by atoms with Crippen LogP contribution in [0.15, 0.2) is 30.4 Å². The van der Waals surface area contributed by atoms with Crippen LogP contribution in [0, 0.1) is 17.6 Å². The summed E-state index contributed by atoms with van der Waals surface area (Å²) in [5, 5.41) is 7.99. The second kappa shape index (κ2) is 18.8. The Morgan fingerprint density at radius 2 is 1.52 bits per heavy atom. The quantitative estimate of drug-likeness (QED) is 0.194. The molecular formula is C40H54F2N6O8. The van der Waals surface area contributed by atoms with Crippen molar-refractivity contribution in [3.63, 3.8) is 0 Å². The van der Waals surface area contributed by atoms with E-state index in [4.69, 9.17) is 4.74 Å². The first-order valence-corrected chi connectivity index (χ1v) is 19.8. The molecule has 5 rings (SSSR count). The average Bonchev–Trinajstić information content (AvgIpc) is 3.85. The van der Waals surface area contributed by atoms with Gasteiger partial charge in [-0.1, -0.05) is 32.8 Å². The van der Waals surface area contributed by atoms with Gasteiger partial charge >= 0.3 is 5.97 Å². The normalized spacial score (nSPS) is 28.4. The number of esters is 1. The van der Waals surface area contributed by atoms with Crippen molar-refractivity contribution in [2.45, 2.75) is 134 Å². The lowest BCUT2D eigenvalue weighted by Gasteiger charge is -2.41. The molecule has 0 radical (unpaired) electrons. The van der Waals surface area contributed by atoms with Crippen LogP contribution in [0.1, 0.15) is 91.0 Å². The molecule has 14 nitrogen and oxygen atoms in total. The molecule has 0 bridgehead atoms. The van der Waals surface area contributed by atoms with Crippen molar-refractivity contribution < 1.29 is 47.1 Å². The number of benzene rings is 1. The van der Waals surface area contributed by atoms with Gasteiger partial charge in [0, 0.05) is 32.1 Å². The summed E-state index contributed by atoms with van der Waals surface area (Å²) in [5.41, 5.74) is 0.0570. The van der Waals surface area contributed by atoms with E-state index in [0.717, 1.165) is 25.0 Å². The minimum atomic E-state index is -1.58. The lowest BCUT2D eigenvalue weighted by Crippen LogP contribution is -2.63. The largest absolute Gasteiger partial charge is 0.458 e. The number of hydrogen-bond donors (Lipinski definition) is 3. The van der Waals surface area contributed by atoms with Gasteiger partial charge in [0.15, 0.2) is 0 Å². The Morgan fingerprint density at radius 3 is 2.20 bits per heavy atom. The molecule has 0 unspecified atom stereocenters. The Hall–Kier alpha value is -4.89. The summed E-state index contributed by atoms with van der Waals surface area (Å²) in [7, 11) is 0. The number of piperidine rings is 1. The smallest absolute Gasteiger partial charge is 0.329 e. The van der Waals surface area contributed by atoms with Gasteiger partial charge in [0.1, 0.15) is 54.0 Å². The minimum Gasteiger partial charge on any atom is -0.458 e. The van der Waals surface area contributed by atoms with Gasteiger partial charge in [-0.3, -0.25) is 28.8 Å². The highest BCUT2D eigenvalue weighted by atomic mass is 19.1. The zero-order valence-electron chi connectivity index (χ0n) is 32.6. The summed E-state index contributed by atoms with van der Waals surface area (Å²) in [6, 6.07) is -4.21. The fraction of sp³-hybridized carbons (Fsp3) is 0.625. The lowest BCUT2D eigenvalue weighted by molar-refractivity contribution is -0.163. The second-order valence-electron chi connectivity index (χ2n) is 15.5. The monoisotopic (exact) mass is 784 g/mol. The Bertz CT molecular complexity index is 1690. The molecule has 4 aliphatic heterocycles. The zero-order valence-corrected chi connectivity index (χ0v) is 32.6. The van der Waals surface area contributed by atoms with Crippen molar-refractivity contribution >= 4 is 41.4 Å². The van der Waals surface area contributed by atoms with Crippen molar-refractivity contribution in [2.24, 2.45) is 5.92 Å². The number of allylic oxidation sites excluding steroid dienone is 1. The second-order valence-corrected chi connectivity index (χ2v) is 15.5. The van der Waals surface area contributed by atoms with Crippen molar-refractivity contribution in [3.8, 4) is 0 Å². The van der Waals surface area contributed by atoms with E-state index in [-0.39, 0.29) is 50.4 Å². The van der Waals surface area contributed by atoms with Crippen LogP contribution in [0.3, 0.4) is 0 Å². The van der Waals surface area contributed by atoms with E-state index >= 15 is 0 Å². The lowest BCUT2D eigenvalue weighted by atomic mass is 9.91. The van der Waals surface area contributed by atoms with E-state index in [2.05, 4.69) is 16.0 Å². The molecular weight excluding hydrogens is 730 g/mol. The Labute approximate surface area is 326 Å². The van der Waals surface area contributed by atoms with Crippen LogP contribution in [0.25, 0.3) is 0 Å². The van der Waals surface area contributed by atoms with Crippen molar-refractivity contribution in [1.29, 1.82) is 0 Å². The third-order valence-electron chi connectivity index (χ3n) is 11.1. The molecule has 4 aliphatic rings. The number of fused-ring (bicyclic) bond motifs is 3. The van der Waals surface area contributed by atoms with E-state index in [1.807, 2.05) is 13.8 Å². The van der Waals surface area contributed by atoms with Crippen molar-refractivity contribution in [3.05, 3.63) is 47.5 Å². The van der Waals surface area contributed by atoms with Gasteiger partial charge in [-0.05, 0) is 88.5 Å². The number of ether oxygens (including phenoxy) is 1. The zero-order chi connectivity index (χ0) is 40.7. The summed E-state index contributed by atoms with van der Waals surface area (Å²) in [6.45, 7) is 7.53. The molecule has 0 spiro atoms. The molecule has 56 heavy (non-hydrogen) atoms. The van der Waals surface area contributed by atoms with Gasteiger partial charge in [-0.2, -0.15) is 0 Å². The molecule has 1 aromatic rings. The maximum atomic E-state index is 14.6. The number of halogens is 2. The van der Waals surface area contributed by atoms with E-state index < -0.39 is 95.4 Å². The predicted molar refractivity (Wildman–Crippen MR) is 199 cm³/mol. The summed E-state index contributed by atoms with van der Waals surface area (Å²) in [4.78, 5) is 101. The molecule has 3 N–H and O–H groups in total. The number of nitrogens with one attached hydrogen (secondary N) is 3. The first kappa shape index (κ1) is 42.3. The van der Waals surface area contributed by atoms with Crippen LogP contribution >= 0.6 is 0 Å². The first-order valence-electron chi connectivity index (χ1n) is 19.8. The van der Waals surface area contributed by atoms with Gasteiger partial charge in [-0.25, -0.2) is 13.6 Å². The number of unbranched alkanes of at least 4 members (excludes halogenated alkanes) is 2. The highest BCUT2D eigenvalue weighted by molar-refractivity contribution is 5.98. The number of carbonyl (C=O) groups excluding carboxylic acids is 7. The number of amides is 6. The van der Waals surface area contributed by atoms with E-state index in [0.29, 0.717) is 38.2 Å². The van der Waals surface area contributed by atoms with Crippen molar-refractivity contribution in [2.75, 3.05) is 19.6 Å². The molecule has 0 saturated carbocycles. The maximum Gasteiger partial charge on any atom is 0.329 e. The molecule has 6 amide bonds. The maximum absolute atomic E-state index is 14.6. The van der Waals surface area contributed by atoms with Gasteiger partial charge in [0.2, 0.25) is 35.4 Å². The minimum absolute atomic E-state index is 0.0570. The highest BCUT2D eigenvalue weighted by Crippen LogP contribution is 2.29. The number of cyclic esters (lactones) is 1. The third-order valence-corrected chi connectivity index (χ3v) is 11.1. The molecule has 16 heteroatoms. The van der Waals surface area contributed by atoms with E-state index in [9.17, 15) is 42.3 Å². The van der Waals surface area contributed by atoms with E-state index in [1.165, 1.54) is 34.6 Å². The molecule has 0 aliphatic carbocycles. The van der Waals surface area contributed by atoms with Gasteiger partial charge in [0.25, 0.3) is 0 Å². The molecule has 8 atom stereocenters. The van der Waals surface area contributed by atoms with Crippen molar-refractivity contribution in [1.82, 2.24) is 30.7 Å². The molecule has 0 aromatic heterocycles. The van der Waals surface area contributed by atoms with Gasteiger partial charge in [-0.15, -0.1) is 0 Å². The molecule has 1 aromatic carbocycles. The Kier molecular flexibility index (Phi) is 14.2. The molecule has 4 heterocycles. The molecule has 4 saturated heterocycles. The topological polar surface area (TPSA) is 175 Å². The summed E-state index contributed by atoms with van der Waals surface area (Å²) in [5.74, 6) is -6.24. The third kappa shape index (κ3) is 10.1. The fourth-order valence-corrected chi connectivity index (χ4v) is 8.08. The fourth-order valence-electron chi connectivity index (χ4n) is 8.08. The van der Waals surface area contributed by atoms with Gasteiger partial charge in [0.05, 0.1) is 0 Å². The molecule has 4 fully saturated rings. The first-order chi connectivity index (χ1) is 26.7. The summed E-state index contributed by atoms with van der Waals surface area (Å²) >= 11 is 0. The van der Waals surface area contributed by atoms with Gasteiger partial charge < -0.3 is 35.4 Å². The standard InChI is InChI=1S/C40H54F2N6O8/c1-5-6-7-8-13-33(49)44-29(21-26-19-27(41)22-28(42)20-26)35(50)45-34-25(4)56-40(55)31-12-10-16-47(31)37(52)24(3)43-36(51)32-18-23(2)14-17-48(32)38(53)30-11-9-15-46(30)39(34)54/h8,13,19-20,22-25,29-32,34H,5-7,9-12,14-18,21H2,1-4H3,(H,43,51)(H,44,49)(H,45,50)/b13-8+/t23-,24-,25-,29-,30-,31-,32-,34-/m0/s1. The number of carbonyl (C=O) groups is 7. The summed E-state index contributed by atoms with van der Waals surface area (Å²) < 4.78 is 34.3. The van der Waals surface area contributed by atoms with Crippen LogP contribution in [0.5, 0.6) is 0 Å². The van der Waals surface area contributed by atoms with Crippen LogP contribution in [0.2, 0.25) is 0 Å². The average molecular weight is 785 g/mol. The van der Waals surface area contributed by atoms with E-state index in [1.54, 1.807) is 6.08 Å². The number of hydrogen-bond acceptors (Lipinski definition) is 8. The summed E-state index contributed by atoms with van der Waals surface area (Å²) in [6.07, 6.45) is 5.98. The highest BCUT2D eigenvalue weighted by Gasteiger charge is 2.47. The SMILES string of the molecule is CCCC/C=C/C(=O)N[C@@H](Cc1cc(F)cc(F)c1)C(=O)N[C@@H]1C(=O)N2CCC[C@H]2C(=O)N2CC[C@H](C)C[C@H]2C(=O)N[C@@H](C)C(=O)N2CCC[C@H]2C(=O)O[C@H]1C. The van der Waals surface area contributed by atoms with Crippen LogP contribution < -0.4 is 16.0 Å². The van der Waals surface area contributed by atoms with Crippen LogP contribution in [-0.2, 0) is 44.7 Å². The van der Waals surface area contributed by atoms with Crippen LogP contribution in [-0.4, -0.2) is 118 Å². The Balaban J connectivity index is 1.50.